The lowest BCUT2D eigenvalue weighted by molar-refractivity contribution is -0.131. The fourth-order valence-corrected chi connectivity index (χ4v) is 3.93. The number of nitrogens with zero attached hydrogens (tertiary/aromatic N) is 4. The molecule has 0 unspecified atom stereocenters. The van der Waals surface area contributed by atoms with Crippen LogP contribution >= 0.6 is 0 Å². The summed E-state index contributed by atoms with van der Waals surface area (Å²) in [4.78, 5) is 38.1. The maximum Gasteiger partial charge on any atom is 0.270 e. The minimum Gasteiger partial charge on any atom is -0.350 e. The van der Waals surface area contributed by atoms with Crippen molar-refractivity contribution in [2.75, 3.05) is 31.1 Å². The molecule has 2 amide bonds. The number of carbonyl (C=O) groups excluding carboxylic acids is 2. The molecule has 2 aliphatic heterocycles. The summed E-state index contributed by atoms with van der Waals surface area (Å²) in [6, 6.07) is 6.52. The van der Waals surface area contributed by atoms with Gasteiger partial charge in [-0.2, -0.15) is 0 Å². The van der Waals surface area contributed by atoms with E-state index in [0.29, 0.717) is 61.3 Å². The van der Waals surface area contributed by atoms with Crippen LogP contribution < -0.4 is 10.2 Å². The second-order valence-electron chi connectivity index (χ2n) is 8.22. The molecule has 0 bridgehead atoms. The van der Waals surface area contributed by atoms with Gasteiger partial charge in [0, 0.05) is 43.7 Å². The fraction of sp³-hybridized carbons (Fsp3) is 0.455. The molecule has 0 atom stereocenters. The van der Waals surface area contributed by atoms with E-state index in [1.54, 1.807) is 23.1 Å². The smallest absolute Gasteiger partial charge is 0.270 e. The second kappa shape index (κ2) is 8.38. The van der Waals surface area contributed by atoms with Gasteiger partial charge in [0.1, 0.15) is 23.2 Å². The largest absolute Gasteiger partial charge is 0.350 e. The predicted octanol–water partition coefficient (Wildman–Crippen LogP) is 1.95. The maximum atomic E-state index is 14.0. The van der Waals surface area contributed by atoms with Crippen LogP contribution in [0.15, 0.2) is 24.3 Å². The number of carbonyl (C=O) groups is 2. The molecular formula is C22H26FN5O2. The van der Waals surface area contributed by atoms with Gasteiger partial charge in [0.05, 0.1) is 6.54 Å². The van der Waals surface area contributed by atoms with E-state index in [1.165, 1.54) is 6.07 Å². The lowest BCUT2D eigenvalue weighted by atomic mass is 10.0. The SMILES string of the molecule is CC(C)Cc1nc2c(c(N3CCN(Cc4ccccc4F)C(=O)C3)n1)CCNC2=O. The Morgan fingerprint density at radius 2 is 1.97 bits per heavy atom. The van der Waals surface area contributed by atoms with Crippen molar-refractivity contribution >= 4 is 17.6 Å². The van der Waals surface area contributed by atoms with Crippen molar-refractivity contribution in [3.8, 4) is 0 Å². The van der Waals surface area contributed by atoms with Crippen LogP contribution in [0, 0.1) is 11.7 Å². The molecular weight excluding hydrogens is 385 g/mol. The quantitative estimate of drug-likeness (QED) is 0.814. The molecule has 0 aliphatic carbocycles. The van der Waals surface area contributed by atoms with Gasteiger partial charge in [-0.15, -0.1) is 0 Å². The van der Waals surface area contributed by atoms with E-state index in [4.69, 9.17) is 4.98 Å². The highest BCUT2D eigenvalue weighted by Gasteiger charge is 2.31. The van der Waals surface area contributed by atoms with Crippen molar-refractivity contribution < 1.29 is 14.0 Å². The number of halogens is 1. The van der Waals surface area contributed by atoms with Crippen LogP contribution in [0.25, 0.3) is 0 Å². The number of anilines is 1. The van der Waals surface area contributed by atoms with E-state index in [9.17, 15) is 14.0 Å². The third kappa shape index (κ3) is 4.13. The number of amides is 2. The summed E-state index contributed by atoms with van der Waals surface area (Å²) in [5, 5.41) is 2.84. The zero-order valence-electron chi connectivity index (χ0n) is 17.3. The van der Waals surface area contributed by atoms with Gasteiger partial charge in [-0.25, -0.2) is 14.4 Å². The van der Waals surface area contributed by atoms with Gasteiger partial charge in [-0.05, 0) is 18.4 Å². The summed E-state index contributed by atoms with van der Waals surface area (Å²) in [6.07, 6.45) is 1.30. The van der Waals surface area contributed by atoms with Gasteiger partial charge in [0.25, 0.3) is 5.91 Å². The monoisotopic (exact) mass is 411 g/mol. The zero-order valence-corrected chi connectivity index (χ0v) is 17.3. The molecule has 158 valence electrons. The lowest BCUT2D eigenvalue weighted by Crippen LogP contribution is -2.51. The Bertz CT molecular complexity index is 978. The van der Waals surface area contributed by atoms with Crippen LogP contribution in [-0.4, -0.2) is 52.9 Å². The van der Waals surface area contributed by atoms with Crippen LogP contribution in [0.4, 0.5) is 10.2 Å². The molecule has 0 radical (unpaired) electrons. The Morgan fingerprint density at radius 3 is 2.70 bits per heavy atom. The number of benzene rings is 1. The lowest BCUT2D eigenvalue weighted by Gasteiger charge is -2.36. The minimum absolute atomic E-state index is 0.0810. The number of fused-ring (bicyclic) bond motifs is 1. The molecule has 1 N–H and O–H groups in total. The Balaban J connectivity index is 1.57. The summed E-state index contributed by atoms with van der Waals surface area (Å²) in [5.74, 6) is 1.09. The summed E-state index contributed by atoms with van der Waals surface area (Å²) in [7, 11) is 0. The molecule has 4 rings (SSSR count). The van der Waals surface area contributed by atoms with Crippen molar-refractivity contribution in [1.29, 1.82) is 0 Å². The topological polar surface area (TPSA) is 78.4 Å². The third-order valence-corrected chi connectivity index (χ3v) is 5.44. The van der Waals surface area contributed by atoms with Crippen molar-refractivity contribution in [3.05, 3.63) is 52.7 Å². The fourth-order valence-electron chi connectivity index (χ4n) is 3.93. The molecule has 0 spiro atoms. The van der Waals surface area contributed by atoms with E-state index in [2.05, 4.69) is 24.1 Å². The van der Waals surface area contributed by atoms with Crippen molar-refractivity contribution in [2.24, 2.45) is 5.92 Å². The zero-order chi connectivity index (χ0) is 21.3. The molecule has 30 heavy (non-hydrogen) atoms. The summed E-state index contributed by atoms with van der Waals surface area (Å²) < 4.78 is 14.0. The average molecular weight is 411 g/mol. The van der Waals surface area contributed by atoms with Crippen LogP contribution in [0.5, 0.6) is 0 Å². The van der Waals surface area contributed by atoms with Gasteiger partial charge in [0.15, 0.2) is 0 Å². The maximum absolute atomic E-state index is 14.0. The first-order chi connectivity index (χ1) is 14.4. The van der Waals surface area contributed by atoms with Gasteiger partial charge < -0.3 is 15.1 Å². The highest BCUT2D eigenvalue weighted by molar-refractivity contribution is 5.96. The van der Waals surface area contributed by atoms with Gasteiger partial charge >= 0.3 is 0 Å². The first-order valence-electron chi connectivity index (χ1n) is 10.4. The standard InChI is InChI=1S/C22H26FN5O2/c1-14(2)11-18-25-20-16(7-8-24-22(20)30)21(26-18)28-10-9-27(19(29)13-28)12-15-5-3-4-6-17(15)23/h3-6,14H,7-13H2,1-2H3,(H,24,30). The molecule has 1 saturated heterocycles. The van der Waals surface area contributed by atoms with Crippen LogP contribution in [0.3, 0.4) is 0 Å². The van der Waals surface area contributed by atoms with Gasteiger partial charge in [-0.3, -0.25) is 9.59 Å². The number of rotatable bonds is 5. The summed E-state index contributed by atoms with van der Waals surface area (Å²) in [5.41, 5.74) is 1.74. The third-order valence-electron chi connectivity index (χ3n) is 5.44. The number of hydrogen-bond acceptors (Lipinski definition) is 5. The number of hydrogen-bond donors (Lipinski definition) is 1. The van der Waals surface area contributed by atoms with E-state index in [1.807, 2.05) is 4.90 Å². The second-order valence-corrected chi connectivity index (χ2v) is 8.22. The van der Waals surface area contributed by atoms with E-state index in [0.717, 1.165) is 5.56 Å². The number of nitrogens with one attached hydrogen (secondary N) is 1. The molecule has 8 heteroatoms. The first-order valence-corrected chi connectivity index (χ1v) is 10.4. The Labute approximate surface area is 175 Å². The highest BCUT2D eigenvalue weighted by atomic mass is 19.1. The highest BCUT2D eigenvalue weighted by Crippen LogP contribution is 2.26. The van der Waals surface area contributed by atoms with E-state index in [-0.39, 0.29) is 30.7 Å². The minimum atomic E-state index is -0.304. The molecule has 1 fully saturated rings. The van der Waals surface area contributed by atoms with Crippen molar-refractivity contribution in [2.45, 2.75) is 33.2 Å². The predicted molar refractivity (Wildman–Crippen MR) is 111 cm³/mol. The number of aromatic nitrogens is 2. The Hall–Kier alpha value is -3.03. The molecule has 2 aliphatic rings. The molecule has 7 nitrogen and oxygen atoms in total. The van der Waals surface area contributed by atoms with Crippen molar-refractivity contribution in [1.82, 2.24) is 20.2 Å². The van der Waals surface area contributed by atoms with Gasteiger partial charge in [0.2, 0.25) is 5.91 Å². The van der Waals surface area contributed by atoms with Crippen LogP contribution in [-0.2, 0) is 24.2 Å². The van der Waals surface area contributed by atoms with Crippen LogP contribution in [0.1, 0.15) is 41.3 Å². The summed E-state index contributed by atoms with van der Waals surface area (Å²) >= 11 is 0. The Morgan fingerprint density at radius 1 is 1.17 bits per heavy atom. The van der Waals surface area contributed by atoms with E-state index >= 15 is 0 Å². The molecule has 0 saturated carbocycles. The average Bonchev–Trinajstić information content (AvgIpc) is 2.71. The molecule has 2 aromatic rings. The first kappa shape index (κ1) is 20.3. The van der Waals surface area contributed by atoms with E-state index < -0.39 is 0 Å². The number of piperazine rings is 1. The van der Waals surface area contributed by atoms with Gasteiger partial charge in [-0.1, -0.05) is 32.0 Å². The molecule has 1 aromatic carbocycles. The molecule has 3 heterocycles. The molecule has 1 aromatic heterocycles. The van der Waals surface area contributed by atoms with Crippen LogP contribution in [0.2, 0.25) is 0 Å². The van der Waals surface area contributed by atoms with Crippen molar-refractivity contribution in [3.63, 3.8) is 0 Å². The Kier molecular flexibility index (Phi) is 5.65. The normalized spacial score (nSPS) is 16.7. The summed E-state index contributed by atoms with van der Waals surface area (Å²) in [6.45, 7) is 6.14.